The Morgan fingerprint density at radius 1 is 1.07 bits per heavy atom. The minimum absolute atomic E-state index is 0.0267. The highest BCUT2D eigenvalue weighted by atomic mass is 32.1. The van der Waals surface area contributed by atoms with Gasteiger partial charge in [-0.25, -0.2) is 4.68 Å². The fraction of sp³-hybridized carbons (Fsp3) is 0.348. The van der Waals surface area contributed by atoms with E-state index >= 15 is 0 Å². The number of para-hydroxylation sites is 1. The van der Waals surface area contributed by atoms with Crippen molar-refractivity contribution >= 4 is 18.1 Å². The molecule has 0 atom stereocenters. The van der Waals surface area contributed by atoms with Gasteiger partial charge in [0.25, 0.3) is 0 Å². The topological polar surface area (TPSA) is 51.9 Å². The number of aromatic nitrogens is 3. The molecule has 0 bridgehead atoms. The van der Waals surface area contributed by atoms with Crippen molar-refractivity contribution in [1.29, 1.82) is 0 Å². The molecule has 1 fully saturated rings. The van der Waals surface area contributed by atoms with Crippen LogP contribution in [0.15, 0.2) is 54.6 Å². The highest BCUT2D eigenvalue weighted by molar-refractivity contribution is 7.71. The Bertz CT molecular complexity index is 1030. The number of nitrogens with one attached hydrogen (secondary N) is 1. The van der Waals surface area contributed by atoms with E-state index in [9.17, 15) is 4.79 Å². The summed E-state index contributed by atoms with van der Waals surface area (Å²) < 4.78 is 4.09. The van der Waals surface area contributed by atoms with Crippen molar-refractivity contribution in [2.24, 2.45) is 0 Å². The number of carbonyl (C=O) groups excluding carboxylic acids is 1. The first-order valence-corrected chi connectivity index (χ1v) is 10.6. The summed E-state index contributed by atoms with van der Waals surface area (Å²) in [6, 6.07) is 18.4. The summed E-state index contributed by atoms with van der Waals surface area (Å²) in [5.41, 5.74) is 3.09. The van der Waals surface area contributed by atoms with E-state index in [0.29, 0.717) is 4.77 Å². The maximum atomic E-state index is 12.6. The molecular weight excluding hydrogens is 380 g/mol. The van der Waals surface area contributed by atoms with Crippen LogP contribution in [0.4, 0.5) is 0 Å². The van der Waals surface area contributed by atoms with Crippen molar-refractivity contribution in [3.05, 3.63) is 64.9 Å². The fourth-order valence-corrected chi connectivity index (χ4v) is 4.16. The average Bonchev–Trinajstić information content (AvgIpc) is 3.06. The average molecular weight is 407 g/mol. The van der Waals surface area contributed by atoms with Gasteiger partial charge in [0.15, 0.2) is 5.82 Å². The van der Waals surface area contributed by atoms with E-state index in [4.69, 9.17) is 17.3 Å². The minimum Gasteiger partial charge on any atom is -0.352 e. The SMILES string of the molecule is Cc1ccc(-c2nn(CC(=O)NC3CCCCC3)c(=S)n2-c2ccccc2)cc1. The molecule has 1 aromatic heterocycles. The second-order valence-electron chi connectivity index (χ2n) is 7.70. The number of benzene rings is 2. The van der Waals surface area contributed by atoms with E-state index in [1.54, 1.807) is 4.68 Å². The second kappa shape index (κ2) is 8.74. The molecule has 0 unspecified atom stereocenters. The van der Waals surface area contributed by atoms with E-state index in [1.807, 2.05) is 47.0 Å². The molecule has 29 heavy (non-hydrogen) atoms. The van der Waals surface area contributed by atoms with Crippen LogP contribution in [-0.2, 0) is 11.3 Å². The largest absolute Gasteiger partial charge is 0.352 e. The van der Waals surface area contributed by atoms with Gasteiger partial charge in [0.2, 0.25) is 10.7 Å². The first kappa shape index (κ1) is 19.6. The molecule has 0 radical (unpaired) electrons. The highest BCUT2D eigenvalue weighted by Gasteiger charge is 2.19. The Kier molecular flexibility index (Phi) is 5.90. The van der Waals surface area contributed by atoms with Gasteiger partial charge in [-0.05, 0) is 44.1 Å². The van der Waals surface area contributed by atoms with Crippen LogP contribution in [0.1, 0.15) is 37.7 Å². The summed E-state index contributed by atoms with van der Waals surface area (Å²) >= 11 is 5.73. The van der Waals surface area contributed by atoms with Crippen molar-refractivity contribution in [2.45, 2.75) is 51.6 Å². The molecule has 1 N–H and O–H groups in total. The number of hydrogen-bond donors (Lipinski definition) is 1. The molecule has 1 aliphatic rings. The van der Waals surface area contributed by atoms with Gasteiger partial charge < -0.3 is 5.32 Å². The van der Waals surface area contributed by atoms with Crippen LogP contribution in [-0.4, -0.2) is 26.3 Å². The van der Waals surface area contributed by atoms with Gasteiger partial charge in [-0.15, -0.1) is 0 Å². The van der Waals surface area contributed by atoms with Crippen molar-refractivity contribution in [3.63, 3.8) is 0 Å². The van der Waals surface area contributed by atoms with Gasteiger partial charge in [-0.1, -0.05) is 67.3 Å². The third kappa shape index (κ3) is 4.48. The zero-order valence-electron chi connectivity index (χ0n) is 16.7. The van der Waals surface area contributed by atoms with Gasteiger partial charge >= 0.3 is 0 Å². The summed E-state index contributed by atoms with van der Waals surface area (Å²) in [4.78, 5) is 12.6. The fourth-order valence-electron chi connectivity index (χ4n) is 3.87. The zero-order chi connectivity index (χ0) is 20.2. The quantitative estimate of drug-likeness (QED) is 0.618. The smallest absolute Gasteiger partial charge is 0.242 e. The molecular formula is C23H26N4OS. The normalized spacial score (nSPS) is 14.7. The number of hydrogen-bond acceptors (Lipinski definition) is 3. The summed E-state index contributed by atoms with van der Waals surface area (Å²) in [5, 5.41) is 7.89. The molecule has 0 spiro atoms. The van der Waals surface area contributed by atoms with Crippen molar-refractivity contribution in [3.8, 4) is 17.1 Å². The first-order valence-electron chi connectivity index (χ1n) is 10.2. The molecule has 1 aliphatic carbocycles. The minimum atomic E-state index is -0.0267. The second-order valence-corrected chi connectivity index (χ2v) is 8.07. The Hall–Kier alpha value is -2.73. The van der Waals surface area contributed by atoms with Gasteiger partial charge in [0, 0.05) is 17.3 Å². The van der Waals surface area contributed by atoms with Crippen molar-refractivity contribution < 1.29 is 4.79 Å². The molecule has 1 amide bonds. The number of nitrogens with zero attached hydrogens (tertiary/aromatic N) is 3. The Morgan fingerprint density at radius 2 is 1.76 bits per heavy atom. The molecule has 1 saturated carbocycles. The van der Waals surface area contributed by atoms with Crippen LogP contribution in [0.25, 0.3) is 17.1 Å². The van der Waals surface area contributed by atoms with Crippen LogP contribution >= 0.6 is 12.2 Å². The summed E-state index contributed by atoms with van der Waals surface area (Å²) in [6.07, 6.45) is 5.75. The van der Waals surface area contributed by atoms with Gasteiger partial charge in [0.1, 0.15) is 6.54 Å². The zero-order valence-corrected chi connectivity index (χ0v) is 17.5. The van der Waals surface area contributed by atoms with Gasteiger partial charge in [-0.3, -0.25) is 9.36 Å². The van der Waals surface area contributed by atoms with E-state index < -0.39 is 0 Å². The summed E-state index contributed by atoms with van der Waals surface area (Å²) in [5.74, 6) is 0.716. The number of carbonyl (C=O) groups is 1. The molecule has 5 nitrogen and oxygen atoms in total. The van der Waals surface area contributed by atoms with Gasteiger partial charge in [0.05, 0.1) is 0 Å². The monoisotopic (exact) mass is 406 g/mol. The van der Waals surface area contributed by atoms with E-state index in [2.05, 4.69) is 24.4 Å². The Morgan fingerprint density at radius 3 is 2.45 bits per heavy atom. The predicted molar refractivity (Wildman–Crippen MR) is 118 cm³/mol. The third-order valence-electron chi connectivity index (χ3n) is 5.43. The molecule has 0 aliphatic heterocycles. The van der Waals surface area contributed by atoms with Gasteiger partial charge in [-0.2, -0.15) is 5.10 Å². The molecule has 3 aromatic rings. The molecule has 4 rings (SSSR count). The highest BCUT2D eigenvalue weighted by Crippen LogP contribution is 2.23. The molecule has 2 aromatic carbocycles. The predicted octanol–water partition coefficient (Wildman–Crippen LogP) is 4.83. The Balaban J connectivity index is 1.67. The van der Waals surface area contributed by atoms with E-state index in [0.717, 1.165) is 29.9 Å². The summed E-state index contributed by atoms with van der Waals surface area (Å²) in [7, 11) is 0. The Labute approximate surface area is 176 Å². The lowest BCUT2D eigenvalue weighted by atomic mass is 9.95. The van der Waals surface area contributed by atoms with Crippen LogP contribution in [0, 0.1) is 11.7 Å². The lowest BCUT2D eigenvalue weighted by Gasteiger charge is -2.22. The third-order valence-corrected chi connectivity index (χ3v) is 5.82. The lowest BCUT2D eigenvalue weighted by Crippen LogP contribution is -2.38. The number of amides is 1. The maximum absolute atomic E-state index is 12.6. The van der Waals surface area contributed by atoms with E-state index in [-0.39, 0.29) is 18.5 Å². The lowest BCUT2D eigenvalue weighted by molar-refractivity contribution is -0.122. The van der Waals surface area contributed by atoms with Crippen LogP contribution in [0.5, 0.6) is 0 Å². The van der Waals surface area contributed by atoms with Crippen molar-refractivity contribution in [2.75, 3.05) is 0 Å². The number of rotatable bonds is 5. The molecule has 0 saturated heterocycles. The molecule has 6 heteroatoms. The first-order chi connectivity index (χ1) is 14.1. The van der Waals surface area contributed by atoms with Crippen LogP contribution < -0.4 is 5.32 Å². The maximum Gasteiger partial charge on any atom is 0.242 e. The van der Waals surface area contributed by atoms with Crippen LogP contribution in [0.3, 0.4) is 0 Å². The molecule has 150 valence electrons. The number of aryl methyl sites for hydroxylation is 1. The standard InChI is InChI=1S/C23H26N4OS/c1-17-12-14-18(15-13-17)22-25-26(16-21(28)24-19-8-4-2-5-9-19)23(29)27(22)20-10-6-3-7-11-20/h3,6-7,10-15,19H,2,4-5,8-9,16H2,1H3,(H,24,28). The van der Waals surface area contributed by atoms with Crippen molar-refractivity contribution in [1.82, 2.24) is 19.7 Å². The van der Waals surface area contributed by atoms with E-state index in [1.165, 1.54) is 24.8 Å². The summed E-state index contributed by atoms with van der Waals surface area (Å²) in [6.45, 7) is 2.19. The van der Waals surface area contributed by atoms with Crippen LogP contribution in [0.2, 0.25) is 0 Å². The molecule has 1 heterocycles.